The molecule has 4 aromatic rings. The number of nitrogens with one attached hydrogen (secondary N) is 1. The second kappa shape index (κ2) is 7.96. The fourth-order valence-electron chi connectivity index (χ4n) is 3.07. The number of aromatic nitrogens is 3. The van der Waals surface area contributed by atoms with Gasteiger partial charge < -0.3 is 5.32 Å². The van der Waals surface area contributed by atoms with Crippen LogP contribution < -0.4 is 5.32 Å². The van der Waals surface area contributed by atoms with E-state index in [4.69, 9.17) is 11.6 Å². The number of carbonyl (C=O) groups excluding carboxylic acids is 1. The van der Waals surface area contributed by atoms with Crippen LogP contribution >= 0.6 is 11.6 Å². The highest BCUT2D eigenvalue weighted by atomic mass is 35.5. The molecule has 1 amide bonds. The fraction of sp³-hybridized carbons (Fsp3) is 0.0909. The Morgan fingerprint density at radius 1 is 1.06 bits per heavy atom. The first-order chi connectivity index (χ1) is 14.7. The summed E-state index contributed by atoms with van der Waals surface area (Å²) in [7, 11) is 0. The van der Waals surface area contributed by atoms with E-state index in [9.17, 15) is 18.0 Å². The second-order valence-electron chi connectivity index (χ2n) is 6.78. The van der Waals surface area contributed by atoms with E-state index in [0.29, 0.717) is 33.1 Å². The van der Waals surface area contributed by atoms with E-state index in [1.165, 1.54) is 6.92 Å². The Hall–Kier alpha value is -3.52. The van der Waals surface area contributed by atoms with E-state index < -0.39 is 17.6 Å². The highest BCUT2D eigenvalue weighted by Gasteiger charge is 2.31. The molecular weight excluding hydrogens is 429 g/mol. The van der Waals surface area contributed by atoms with Gasteiger partial charge in [0.05, 0.1) is 22.5 Å². The van der Waals surface area contributed by atoms with Crippen molar-refractivity contribution >= 4 is 34.4 Å². The van der Waals surface area contributed by atoms with Crippen LogP contribution in [0.3, 0.4) is 0 Å². The van der Waals surface area contributed by atoms with Crippen molar-refractivity contribution < 1.29 is 18.0 Å². The van der Waals surface area contributed by atoms with Gasteiger partial charge in [-0.25, -0.2) is 9.97 Å². The number of hydrogen-bond donors (Lipinski definition) is 1. The summed E-state index contributed by atoms with van der Waals surface area (Å²) in [6.45, 7) is 1.45. The summed E-state index contributed by atoms with van der Waals surface area (Å²) >= 11 is 6.31. The van der Waals surface area contributed by atoms with Gasteiger partial charge in [-0.15, -0.1) is 0 Å². The van der Waals surface area contributed by atoms with Crippen LogP contribution in [0.4, 0.5) is 18.9 Å². The van der Waals surface area contributed by atoms with Crippen LogP contribution in [0.1, 0.15) is 21.5 Å². The number of halogens is 4. The Kier molecular flexibility index (Phi) is 5.32. The van der Waals surface area contributed by atoms with Gasteiger partial charge >= 0.3 is 6.18 Å². The molecule has 2 aromatic carbocycles. The maximum absolute atomic E-state index is 12.9. The van der Waals surface area contributed by atoms with Gasteiger partial charge in [-0.1, -0.05) is 11.6 Å². The molecule has 156 valence electrons. The zero-order valence-corrected chi connectivity index (χ0v) is 16.8. The standard InChI is InChI=1S/C22H14ClF3N4O/c1-12-9-13(22(24,25)26)4-6-15(12)21(31)29-14-5-7-17(23)16(10-14)19-11-28-18-3-2-8-27-20(18)30-19/h2-11H,1H3,(H,29,31). The molecule has 5 nitrogen and oxygen atoms in total. The molecule has 31 heavy (non-hydrogen) atoms. The van der Waals surface area contributed by atoms with Gasteiger partial charge in [-0.3, -0.25) is 9.78 Å². The first-order valence-corrected chi connectivity index (χ1v) is 9.47. The van der Waals surface area contributed by atoms with Gasteiger partial charge in [-0.05, 0) is 61.0 Å². The lowest BCUT2D eigenvalue weighted by atomic mass is 10.0. The average molecular weight is 443 g/mol. The van der Waals surface area contributed by atoms with Crippen LogP contribution in [0.2, 0.25) is 5.02 Å². The van der Waals surface area contributed by atoms with Crippen LogP contribution in [0, 0.1) is 6.92 Å². The monoisotopic (exact) mass is 442 g/mol. The van der Waals surface area contributed by atoms with Crippen molar-refractivity contribution in [1.29, 1.82) is 0 Å². The zero-order chi connectivity index (χ0) is 22.2. The third-order valence-electron chi connectivity index (χ3n) is 4.62. The number of nitrogens with zero attached hydrogens (tertiary/aromatic N) is 3. The Labute approximate surface area is 179 Å². The minimum absolute atomic E-state index is 0.138. The summed E-state index contributed by atoms with van der Waals surface area (Å²) in [6, 6.07) is 11.3. The summed E-state index contributed by atoms with van der Waals surface area (Å²) in [5.41, 5.74) is 2.04. The van der Waals surface area contributed by atoms with Crippen molar-refractivity contribution in [2.24, 2.45) is 0 Å². The molecule has 0 bridgehead atoms. The van der Waals surface area contributed by atoms with Gasteiger partial charge in [-0.2, -0.15) is 13.2 Å². The molecule has 9 heteroatoms. The molecule has 0 radical (unpaired) electrons. The molecule has 0 unspecified atom stereocenters. The normalized spacial score (nSPS) is 11.5. The second-order valence-corrected chi connectivity index (χ2v) is 7.18. The maximum Gasteiger partial charge on any atom is 0.416 e. The van der Waals surface area contributed by atoms with E-state index in [-0.39, 0.29) is 11.1 Å². The number of pyridine rings is 1. The summed E-state index contributed by atoms with van der Waals surface area (Å²) in [5.74, 6) is -0.536. The average Bonchev–Trinajstić information content (AvgIpc) is 2.74. The van der Waals surface area contributed by atoms with Crippen LogP contribution in [0.5, 0.6) is 0 Å². The van der Waals surface area contributed by atoms with Crippen molar-refractivity contribution in [2.75, 3.05) is 5.32 Å². The minimum Gasteiger partial charge on any atom is -0.322 e. The Bertz CT molecular complexity index is 1310. The maximum atomic E-state index is 12.9. The molecule has 2 heterocycles. The molecule has 4 rings (SSSR count). The number of anilines is 1. The number of amides is 1. The van der Waals surface area contributed by atoms with Gasteiger partial charge in [0.25, 0.3) is 5.91 Å². The predicted octanol–water partition coefficient (Wildman–Crippen LogP) is 5.92. The predicted molar refractivity (Wildman–Crippen MR) is 112 cm³/mol. The molecule has 0 saturated carbocycles. The van der Waals surface area contributed by atoms with Gasteiger partial charge in [0, 0.05) is 23.0 Å². The number of rotatable bonds is 3. The zero-order valence-electron chi connectivity index (χ0n) is 16.0. The van der Waals surface area contributed by atoms with Crippen LogP contribution in [0.15, 0.2) is 60.9 Å². The first kappa shape index (κ1) is 20.7. The van der Waals surface area contributed by atoms with E-state index >= 15 is 0 Å². The van der Waals surface area contributed by atoms with Crippen molar-refractivity contribution in [2.45, 2.75) is 13.1 Å². The molecule has 0 fully saturated rings. The molecule has 1 N–H and O–H groups in total. The lowest BCUT2D eigenvalue weighted by Crippen LogP contribution is -2.15. The van der Waals surface area contributed by atoms with Crippen LogP contribution in [-0.4, -0.2) is 20.9 Å². The molecule has 2 aromatic heterocycles. The van der Waals surface area contributed by atoms with Crippen molar-refractivity contribution in [1.82, 2.24) is 15.0 Å². The number of aryl methyl sites for hydroxylation is 1. The molecular formula is C22H14ClF3N4O. The smallest absolute Gasteiger partial charge is 0.322 e. The number of benzene rings is 2. The van der Waals surface area contributed by atoms with Crippen molar-refractivity contribution in [3.63, 3.8) is 0 Å². The van der Waals surface area contributed by atoms with E-state index in [1.807, 2.05) is 0 Å². The number of alkyl halides is 3. The van der Waals surface area contributed by atoms with E-state index in [1.54, 1.807) is 42.7 Å². The summed E-state index contributed by atoms with van der Waals surface area (Å²) < 4.78 is 38.6. The van der Waals surface area contributed by atoms with Gasteiger partial charge in [0.15, 0.2) is 5.65 Å². The Morgan fingerprint density at radius 3 is 2.61 bits per heavy atom. The van der Waals surface area contributed by atoms with Crippen molar-refractivity contribution in [3.05, 3.63) is 82.6 Å². The van der Waals surface area contributed by atoms with Crippen LogP contribution in [-0.2, 0) is 6.18 Å². The lowest BCUT2D eigenvalue weighted by Gasteiger charge is -2.12. The molecule has 0 aliphatic heterocycles. The number of carbonyl (C=O) groups is 1. The quantitative estimate of drug-likeness (QED) is 0.427. The lowest BCUT2D eigenvalue weighted by molar-refractivity contribution is -0.137. The number of hydrogen-bond acceptors (Lipinski definition) is 4. The SMILES string of the molecule is Cc1cc(C(F)(F)F)ccc1C(=O)Nc1ccc(Cl)c(-c2cnc3cccnc3n2)c1. The highest BCUT2D eigenvalue weighted by Crippen LogP contribution is 2.32. The molecule has 0 aliphatic carbocycles. The fourth-order valence-corrected chi connectivity index (χ4v) is 3.29. The molecule has 0 saturated heterocycles. The van der Waals surface area contributed by atoms with E-state index in [2.05, 4.69) is 20.3 Å². The minimum atomic E-state index is -4.47. The van der Waals surface area contributed by atoms with Gasteiger partial charge in [0.2, 0.25) is 0 Å². The first-order valence-electron chi connectivity index (χ1n) is 9.09. The third-order valence-corrected chi connectivity index (χ3v) is 4.95. The van der Waals surface area contributed by atoms with Crippen LogP contribution in [0.25, 0.3) is 22.4 Å². The molecule has 0 spiro atoms. The Balaban J connectivity index is 1.63. The topological polar surface area (TPSA) is 67.8 Å². The molecule has 0 aliphatic rings. The third kappa shape index (κ3) is 4.34. The van der Waals surface area contributed by atoms with Gasteiger partial charge in [0.1, 0.15) is 5.52 Å². The molecule has 0 atom stereocenters. The Morgan fingerprint density at radius 2 is 1.87 bits per heavy atom. The van der Waals surface area contributed by atoms with E-state index in [0.717, 1.165) is 18.2 Å². The largest absolute Gasteiger partial charge is 0.416 e. The highest BCUT2D eigenvalue weighted by molar-refractivity contribution is 6.33. The number of fused-ring (bicyclic) bond motifs is 1. The summed E-state index contributed by atoms with van der Waals surface area (Å²) in [5, 5.41) is 3.09. The van der Waals surface area contributed by atoms with Crippen molar-refractivity contribution in [3.8, 4) is 11.3 Å². The summed E-state index contributed by atoms with van der Waals surface area (Å²) in [4.78, 5) is 25.6. The summed E-state index contributed by atoms with van der Waals surface area (Å²) in [6.07, 6.45) is -1.32.